The van der Waals surface area contributed by atoms with Gasteiger partial charge in [0.15, 0.2) is 0 Å². The zero-order valence-electron chi connectivity index (χ0n) is 36.7. The Morgan fingerprint density at radius 3 is 1.98 bits per heavy atom. The smallest absolute Gasteiger partial charge is 0.0547 e. The maximum absolute atomic E-state index is 4.07. The van der Waals surface area contributed by atoms with Gasteiger partial charge >= 0.3 is 0 Å². The molecule has 1 heterocycles. The fourth-order valence-corrected chi connectivity index (χ4v) is 10.3. The maximum Gasteiger partial charge on any atom is 0.0547 e. The molecule has 11 rings (SSSR count). The van der Waals surface area contributed by atoms with E-state index < -0.39 is 0 Å². The summed E-state index contributed by atoms with van der Waals surface area (Å²) >= 11 is 0. The highest BCUT2D eigenvalue weighted by molar-refractivity contribution is 6.12. The van der Waals surface area contributed by atoms with Gasteiger partial charge in [0.2, 0.25) is 0 Å². The summed E-state index contributed by atoms with van der Waals surface area (Å²) in [5.74, 6) is 0.118. The first-order chi connectivity index (χ1) is 32.1. The van der Waals surface area contributed by atoms with Gasteiger partial charge in [-0.25, -0.2) is 0 Å². The van der Waals surface area contributed by atoms with Crippen LogP contribution in [-0.4, -0.2) is 4.57 Å². The number of para-hydroxylation sites is 2. The van der Waals surface area contributed by atoms with Crippen molar-refractivity contribution in [1.29, 1.82) is 0 Å². The largest absolute Gasteiger partial charge is 0.315 e. The summed E-state index contributed by atoms with van der Waals surface area (Å²) in [6.07, 6.45) is 21.0. The third kappa shape index (κ3) is 7.47. The fraction of sp³-hybridized carbons (Fsp3) is 0.0794. The van der Waals surface area contributed by atoms with E-state index in [2.05, 4.69) is 247 Å². The Labute approximate surface area is 382 Å². The molecule has 0 radical (unpaired) electrons. The van der Waals surface area contributed by atoms with Gasteiger partial charge in [0.1, 0.15) is 0 Å². The molecule has 0 fully saturated rings. The average Bonchev–Trinajstić information content (AvgIpc) is 3.70. The molecule has 1 unspecified atom stereocenters. The van der Waals surface area contributed by atoms with Crippen molar-refractivity contribution in [2.45, 2.75) is 32.1 Å². The van der Waals surface area contributed by atoms with Crippen molar-refractivity contribution in [1.82, 2.24) is 4.57 Å². The minimum atomic E-state index is 0.118. The highest BCUT2D eigenvalue weighted by atomic mass is 15.2. The SMILES string of the molecule is C=C/C=C\c1c(C)cc2c(c1C1C=C(N(C3=CC=C(c4cccc5ccccc45)CC3)c3ccc(-c4ccc(-c5ccccc5)cc4)cc3)C=CC1)c1ccccc1n2-c1ccccc1. The molecule has 312 valence electrons. The lowest BCUT2D eigenvalue weighted by molar-refractivity contribution is 0.828. The highest BCUT2D eigenvalue weighted by Crippen LogP contribution is 2.45. The molecule has 8 aromatic carbocycles. The third-order valence-electron chi connectivity index (χ3n) is 13.3. The Bertz CT molecular complexity index is 3390. The molecule has 2 nitrogen and oxygen atoms in total. The first kappa shape index (κ1) is 39.9. The third-order valence-corrected chi connectivity index (χ3v) is 13.3. The number of anilines is 1. The van der Waals surface area contributed by atoms with Crippen LogP contribution in [-0.2, 0) is 0 Å². The molecule has 2 aliphatic rings. The van der Waals surface area contributed by atoms with Crippen molar-refractivity contribution < 1.29 is 0 Å². The maximum atomic E-state index is 4.07. The number of hydrogen-bond acceptors (Lipinski definition) is 1. The van der Waals surface area contributed by atoms with Gasteiger partial charge in [0, 0.05) is 39.5 Å². The second-order valence-corrected chi connectivity index (χ2v) is 17.2. The zero-order chi connectivity index (χ0) is 43.7. The summed E-state index contributed by atoms with van der Waals surface area (Å²) in [5.41, 5.74) is 18.7. The predicted molar refractivity (Wildman–Crippen MR) is 278 cm³/mol. The minimum Gasteiger partial charge on any atom is -0.315 e. The van der Waals surface area contributed by atoms with Crippen LogP contribution < -0.4 is 4.90 Å². The number of nitrogens with zero attached hydrogens (tertiary/aromatic N) is 2. The van der Waals surface area contributed by atoms with Gasteiger partial charge < -0.3 is 9.47 Å². The van der Waals surface area contributed by atoms with Crippen molar-refractivity contribution in [2.24, 2.45) is 0 Å². The number of aryl methyl sites for hydroxylation is 1. The summed E-state index contributed by atoms with van der Waals surface area (Å²) in [6.45, 7) is 6.34. The predicted octanol–water partition coefficient (Wildman–Crippen LogP) is 17.0. The van der Waals surface area contributed by atoms with Crippen LogP contribution in [0.15, 0.2) is 242 Å². The molecule has 0 saturated carbocycles. The van der Waals surface area contributed by atoms with E-state index in [9.17, 15) is 0 Å². The topological polar surface area (TPSA) is 8.17 Å². The lowest BCUT2D eigenvalue weighted by Crippen LogP contribution is -2.24. The summed E-state index contributed by atoms with van der Waals surface area (Å²) in [4.78, 5) is 2.51. The summed E-state index contributed by atoms with van der Waals surface area (Å²) in [7, 11) is 0. The highest BCUT2D eigenvalue weighted by Gasteiger charge is 2.27. The van der Waals surface area contributed by atoms with Crippen molar-refractivity contribution in [3.05, 3.63) is 265 Å². The van der Waals surface area contributed by atoms with Gasteiger partial charge in [-0.15, -0.1) is 0 Å². The molecule has 1 atom stereocenters. The first-order valence-electron chi connectivity index (χ1n) is 22.9. The molecule has 0 spiro atoms. The molecule has 9 aromatic rings. The molecule has 2 aliphatic carbocycles. The molecular weight excluding hydrogens is 785 g/mol. The normalized spacial score (nSPS) is 15.0. The minimum absolute atomic E-state index is 0.118. The molecule has 0 aliphatic heterocycles. The zero-order valence-corrected chi connectivity index (χ0v) is 36.7. The molecule has 65 heavy (non-hydrogen) atoms. The number of fused-ring (bicyclic) bond motifs is 4. The van der Waals surface area contributed by atoms with E-state index in [4.69, 9.17) is 0 Å². The van der Waals surface area contributed by atoms with Crippen LogP contribution in [0.4, 0.5) is 5.69 Å². The van der Waals surface area contributed by atoms with Crippen LogP contribution >= 0.6 is 0 Å². The number of aromatic nitrogens is 1. The van der Waals surface area contributed by atoms with Crippen LogP contribution in [0.2, 0.25) is 0 Å². The van der Waals surface area contributed by atoms with Crippen LogP contribution in [0.25, 0.3) is 72.2 Å². The van der Waals surface area contributed by atoms with Gasteiger partial charge in [0.25, 0.3) is 0 Å². The fourth-order valence-electron chi connectivity index (χ4n) is 10.3. The summed E-state index contributed by atoms with van der Waals surface area (Å²) < 4.78 is 2.45. The average molecular weight is 835 g/mol. The van der Waals surface area contributed by atoms with E-state index in [1.807, 2.05) is 6.08 Å². The standard InChI is InChI=1S/C63H50N2/c1-3-4-25-56-44(2)42-61-63(59-27-13-14-29-60(59)65(61)52-22-9-6-10-23-52)62(56)51-21-15-24-55(43-51)64(54-40-36-50(37-41-54)58-28-16-20-49-19-11-12-26-57(49)58)53-38-34-48(35-39-53)47-32-30-46(31-33-47)45-17-7-5-8-18-45/h3-20,22-36,38-40,42-43,51H,1,21,37,41H2,2H3/b25-4-. The van der Waals surface area contributed by atoms with Crippen molar-refractivity contribution >= 4 is 49.9 Å². The monoisotopic (exact) mass is 834 g/mol. The van der Waals surface area contributed by atoms with E-state index >= 15 is 0 Å². The second kappa shape index (κ2) is 17.3. The molecule has 0 saturated heterocycles. The van der Waals surface area contributed by atoms with Crippen LogP contribution in [0, 0.1) is 6.92 Å². The lowest BCUT2D eigenvalue weighted by Gasteiger charge is -2.33. The Balaban J connectivity index is 1.05. The van der Waals surface area contributed by atoms with Gasteiger partial charge in [-0.05, 0) is 136 Å². The lowest BCUT2D eigenvalue weighted by atomic mass is 9.83. The van der Waals surface area contributed by atoms with E-state index in [-0.39, 0.29) is 5.92 Å². The number of rotatable bonds is 10. The Kier molecular flexibility index (Phi) is 10.6. The molecule has 2 heteroatoms. The molecule has 1 aromatic heterocycles. The summed E-state index contributed by atoms with van der Waals surface area (Å²) in [6, 6.07) is 66.2. The number of allylic oxidation sites excluding steroid dienone is 9. The van der Waals surface area contributed by atoms with Gasteiger partial charge in [-0.2, -0.15) is 0 Å². The van der Waals surface area contributed by atoms with Gasteiger partial charge in [-0.1, -0.05) is 189 Å². The van der Waals surface area contributed by atoms with Crippen molar-refractivity contribution in [3.63, 3.8) is 0 Å². The quantitative estimate of drug-likeness (QED) is 0.125. The Morgan fingerprint density at radius 1 is 0.615 bits per heavy atom. The van der Waals surface area contributed by atoms with Crippen LogP contribution in [0.1, 0.15) is 47.4 Å². The number of hydrogen-bond donors (Lipinski definition) is 0. The number of benzene rings is 8. The van der Waals surface area contributed by atoms with Gasteiger partial charge in [0.05, 0.1) is 11.0 Å². The molecule has 0 N–H and O–H groups in total. The first-order valence-corrected chi connectivity index (χ1v) is 22.9. The van der Waals surface area contributed by atoms with E-state index in [1.165, 1.54) is 99.7 Å². The molecule has 0 amide bonds. The van der Waals surface area contributed by atoms with Crippen LogP contribution in [0.3, 0.4) is 0 Å². The molecule has 0 bridgehead atoms. The van der Waals surface area contributed by atoms with Crippen LogP contribution in [0.5, 0.6) is 0 Å². The van der Waals surface area contributed by atoms with Gasteiger partial charge in [-0.3, -0.25) is 0 Å². The second-order valence-electron chi connectivity index (χ2n) is 17.2. The Hall–Kier alpha value is -7.94. The Morgan fingerprint density at radius 2 is 1.26 bits per heavy atom. The van der Waals surface area contributed by atoms with Crippen molar-refractivity contribution in [2.75, 3.05) is 4.90 Å². The van der Waals surface area contributed by atoms with Crippen molar-refractivity contribution in [3.8, 4) is 27.9 Å². The molecular formula is C63H50N2. The van der Waals surface area contributed by atoms with E-state index in [0.717, 1.165) is 24.9 Å². The van der Waals surface area contributed by atoms with E-state index in [0.29, 0.717) is 0 Å². The van der Waals surface area contributed by atoms with E-state index in [1.54, 1.807) is 0 Å². The summed E-state index contributed by atoms with van der Waals surface area (Å²) in [5, 5.41) is 5.16.